The Labute approximate surface area is 100 Å². The standard InChI is InChI=1S/C11H26N2O2S/c1-10(2)8-12-6-7-13-9-11(3,4)16(5,14)15/h10,12-13H,6-9H2,1-5H3. The second kappa shape index (κ2) is 6.57. The Morgan fingerprint density at radius 1 is 1.12 bits per heavy atom. The van der Waals surface area contributed by atoms with E-state index in [9.17, 15) is 8.42 Å². The minimum atomic E-state index is -2.99. The first kappa shape index (κ1) is 15.9. The molecule has 0 aromatic carbocycles. The van der Waals surface area contributed by atoms with E-state index in [4.69, 9.17) is 0 Å². The average molecular weight is 250 g/mol. The largest absolute Gasteiger partial charge is 0.315 e. The van der Waals surface area contributed by atoms with E-state index in [1.165, 1.54) is 6.26 Å². The molecule has 4 nitrogen and oxygen atoms in total. The van der Waals surface area contributed by atoms with Crippen LogP contribution in [0.15, 0.2) is 0 Å². The number of hydrogen-bond acceptors (Lipinski definition) is 4. The van der Waals surface area contributed by atoms with E-state index in [-0.39, 0.29) is 0 Å². The summed E-state index contributed by atoms with van der Waals surface area (Å²) in [6.07, 6.45) is 1.28. The Morgan fingerprint density at radius 3 is 2.06 bits per heavy atom. The Morgan fingerprint density at radius 2 is 1.62 bits per heavy atom. The average Bonchev–Trinajstić information content (AvgIpc) is 2.08. The van der Waals surface area contributed by atoms with E-state index in [1.54, 1.807) is 13.8 Å². The Bertz CT molecular complexity index is 284. The minimum Gasteiger partial charge on any atom is -0.315 e. The van der Waals surface area contributed by atoms with Crippen LogP contribution >= 0.6 is 0 Å². The van der Waals surface area contributed by atoms with Crippen molar-refractivity contribution in [2.75, 3.05) is 32.4 Å². The molecule has 16 heavy (non-hydrogen) atoms. The molecule has 0 unspecified atom stereocenters. The summed E-state index contributed by atoms with van der Waals surface area (Å²) in [6.45, 7) is 11.0. The van der Waals surface area contributed by atoms with Gasteiger partial charge in [-0.05, 0) is 26.3 Å². The molecule has 2 N–H and O–H groups in total. The van der Waals surface area contributed by atoms with E-state index in [0.29, 0.717) is 12.5 Å². The highest BCUT2D eigenvalue weighted by atomic mass is 32.2. The Hall–Kier alpha value is -0.130. The first-order valence-corrected chi connectivity index (χ1v) is 7.67. The summed E-state index contributed by atoms with van der Waals surface area (Å²) in [7, 11) is -2.99. The lowest BCUT2D eigenvalue weighted by molar-refractivity contribution is 0.501. The maximum Gasteiger partial charge on any atom is 0.153 e. The van der Waals surface area contributed by atoms with Crippen molar-refractivity contribution < 1.29 is 8.42 Å². The van der Waals surface area contributed by atoms with Crippen LogP contribution in [0.25, 0.3) is 0 Å². The molecule has 0 rings (SSSR count). The van der Waals surface area contributed by atoms with Crippen LogP contribution in [0.4, 0.5) is 0 Å². The molecule has 0 heterocycles. The molecule has 0 fully saturated rings. The lowest BCUT2D eigenvalue weighted by Crippen LogP contribution is -2.43. The highest BCUT2D eigenvalue weighted by Crippen LogP contribution is 2.12. The zero-order valence-corrected chi connectivity index (χ0v) is 11.9. The van der Waals surface area contributed by atoms with E-state index in [1.807, 2.05) is 0 Å². The van der Waals surface area contributed by atoms with Crippen molar-refractivity contribution in [3.8, 4) is 0 Å². The zero-order chi connectivity index (χ0) is 12.8. The van der Waals surface area contributed by atoms with Crippen molar-refractivity contribution in [2.45, 2.75) is 32.4 Å². The summed E-state index contributed by atoms with van der Waals surface area (Å²) in [6, 6.07) is 0. The van der Waals surface area contributed by atoms with E-state index < -0.39 is 14.6 Å². The summed E-state index contributed by atoms with van der Waals surface area (Å²) in [5.74, 6) is 0.646. The molecule has 0 spiro atoms. The van der Waals surface area contributed by atoms with Crippen molar-refractivity contribution in [1.29, 1.82) is 0 Å². The maximum absolute atomic E-state index is 11.4. The molecule has 0 radical (unpaired) electrons. The summed E-state index contributed by atoms with van der Waals surface area (Å²) in [5.41, 5.74) is 0. The van der Waals surface area contributed by atoms with Crippen molar-refractivity contribution in [3.05, 3.63) is 0 Å². The van der Waals surface area contributed by atoms with Crippen LogP contribution in [0.5, 0.6) is 0 Å². The van der Waals surface area contributed by atoms with Gasteiger partial charge in [-0.25, -0.2) is 8.42 Å². The van der Waals surface area contributed by atoms with Crippen LogP contribution in [0.3, 0.4) is 0 Å². The van der Waals surface area contributed by atoms with Gasteiger partial charge in [0.15, 0.2) is 9.84 Å². The van der Waals surface area contributed by atoms with Gasteiger partial charge in [-0.3, -0.25) is 0 Å². The molecule has 0 saturated carbocycles. The minimum absolute atomic E-state index is 0.495. The molecule has 0 aliphatic rings. The fourth-order valence-electron chi connectivity index (χ4n) is 1.09. The van der Waals surface area contributed by atoms with Gasteiger partial charge < -0.3 is 10.6 Å². The van der Waals surface area contributed by atoms with E-state index >= 15 is 0 Å². The van der Waals surface area contributed by atoms with E-state index in [0.717, 1.165) is 19.6 Å². The lowest BCUT2D eigenvalue weighted by Gasteiger charge is -2.22. The molecule has 0 amide bonds. The van der Waals surface area contributed by atoms with Crippen molar-refractivity contribution >= 4 is 9.84 Å². The fourth-order valence-corrected chi connectivity index (χ4v) is 1.45. The van der Waals surface area contributed by atoms with Gasteiger partial charge >= 0.3 is 0 Å². The van der Waals surface area contributed by atoms with Crippen LogP contribution < -0.4 is 10.6 Å². The van der Waals surface area contributed by atoms with Gasteiger partial charge in [-0.2, -0.15) is 0 Å². The predicted octanol–water partition coefficient (Wildman–Crippen LogP) is 0.645. The normalized spacial score (nSPS) is 13.4. The van der Waals surface area contributed by atoms with Crippen LogP contribution in [0.2, 0.25) is 0 Å². The molecule has 0 aromatic rings. The molecular weight excluding hydrogens is 224 g/mol. The van der Waals surface area contributed by atoms with Crippen LogP contribution in [-0.4, -0.2) is 45.6 Å². The van der Waals surface area contributed by atoms with Crippen molar-refractivity contribution in [2.24, 2.45) is 5.92 Å². The number of sulfone groups is 1. The monoisotopic (exact) mass is 250 g/mol. The fraction of sp³-hybridized carbons (Fsp3) is 1.00. The molecule has 0 atom stereocenters. The number of hydrogen-bond donors (Lipinski definition) is 2. The molecule has 98 valence electrons. The molecule has 0 aliphatic carbocycles. The van der Waals surface area contributed by atoms with Gasteiger partial charge in [0.2, 0.25) is 0 Å². The van der Waals surface area contributed by atoms with Gasteiger partial charge in [-0.15, -0.1) is 0 Å². The lowest BCUT2D eigenvalue weighted by atomic mass is 10.2. The van der Waals surface area contributed by atoms with Crippen LogP contribution in [0.1, 0.15) is 27.7 Å². The van der Waals surface area contributed by atoms with Gasteiger partial charge in [0, 0.05) is 25.9 Å². The maximum atomic E-state index is 11.4. The smallest absolute Gasteiger partial charge is 0.153 e. The second-order valence-corrected chi connectivity index (χ2v) is 7.96. The quantitative estimate of drug-likeness (QED) is 0.621. The first-order valence-electron chi connectivity index (χ1n) is 5.78. The highest BCUT2D eigenvalue weighted by Gasteiger charge is 2.29. The molecule has 5 heteroatoms. The predicted molar refractivity (Wildman–Crippen MR) is 69.5 cm³/mol. The summed E-state index contributed by atoms with van der Waals surface area (Å²) >= 11 is 0. The third-order valence-corrected chi connectivity index (χ3v) is 4.74. The van der Waals surface area contributed by atoms with Crippen molar-refractivity contribution in [3.63, 3.8) is 0 Å². The third kappa shape index (κ3) is 6.45. The molecule has 0 aromatic heterocycles. The highest BCUT2D eigenvalue weighted by molar-refractivity contribution is 7.92. The second-order valence-electron chi connectivity index (χ2n) is 5.31. The van der Waals surface area contributed by atoms with E-state index in [2.05, 4.69) is 24.5 Å². The van der Waals surface area contributed by atoms with Crippen LogP contribution in [-0.2, 0) is 9.84 Å². The Balaban J connectivity index is 3.67. The zero-order valence-electron chi connectivity index (χ0n) is 11.1. The molecular formula is C11H26N2O2S. The van der Waals surface area contributed by atoms with Gasteiger partial charge in [0.25, 0.3) is 0 Å². The summed E-state index contributed by atoms with van der Waals surface area (Å²) < 4.78 is 22.1. The molecule has 0 bridgehead atoms. The SMILES string of the molecule is CC(C)CNCCNCC(C)(C)S(C)(=O)=O. The Kier molecular flexibility index (Phi) is 6.51. The summed E-state index contributed by atoms with van der Waals surface area (Å²) in [4.78, 5) is 0. The summed E-state index contributed by atoms with van der Waals surface area (Å²) in [5, 5.41) is 6.46. The third-order valence-electron chi connectivity index (χ3n) is 2.59. The van der Waals surface area contributed by atoms with Gasteiger partial charge in [0.05, 0.1) is 4.75 Å². The molecule has 0 aliphatic heterocycles. The van der Waals surface area contributed by atoms with Crippen molar-refractivity contribution in [1.82, 2.24) is 10.6 Å². The topological polar surface area (TPSA) is 58.2 Å². The van der Waals surface area contributed by atoms with Crippen LogP contribution in [0, 0.1) is 5.92 Å². The van der Waals surface area contributed by atoms with Gasteiger partial charge in [0.1, 0.15) is 0 Å². The number of rotatable bonds is 8. The number of nitrogens with one attached hydrogen (secondary N) is 2. The van der Waals surface area contributed by atoms with Gasteiger partial charge in [-0.1, -0.05) is 13.8 Å². The molecule has 0 saturated heterocycles. The first-order chi connectivity index (χ1) is 7.17.